The first-order chi connectivity index (χ1) is 10.8. The van der Waals surface area contributed by atoms with Crippen LogP contribution in [0, 0.1) is 17.8 Å². The molecule has 130 valence electrons. The summed E-state index contributed by atoms with van der Waals surface area (Å²) in [5, 5.41) is 9.88. The van der Waals surface area contributed by atoms with Gasteiger partial charge in [0.25, 0.3) is 0 Å². The average Bonchev–Trinajstić information content (AvgIpc) is 2.53. The van der Waals surface area contributed by atoms with Gasteiger partial charge in [-0.3, -0.25) is 0 Å². The molecule has 0 aromatic rings. The summed E-state index contributed by atoms with van der Waals surface area (Å²) in [6.45, 7) is 2.29. The van der Waals surface area contributed by atoms with E-state index >= 15 is 0 Å². The van der Waals surface area contributed by atoms with Crippen molar-refractivity contribution in [2.75, 3.05) is 0 Å². The van der Waals surface area contributed by atoms with E-state index in [0.717, 1.165) is 30.6 Å². The highest BCUT2D eigenvalue weighted by atomic mass is 16.3. The van der Waals surface area contributed by atoms with Crippen LogP contribution in [0.3, 0.4) is 0 Å². The standard InChI is InChI=1S/C21H40O/c1-2-3-4-5-6-7-8-9-10-12-18-13-11-14-19-17-20(22)15-16-21(18)19/h18-22H,2-17H2,1H3. The molecule has 0 aliphatic heterocycles. The summed E-state index contributed by atoms with van der Waals surface area (Å²) in [6, 6.07) is 0. The lowest BCUT2D eigenvalue weighted by atomic mass is 9.64. The Kier molecular flexibility index (Phi) is 8.89. The molecule has 1 N–H and O–H groups in total. The van der Waals surface area contributed by atoms with Crippen molar-refractivity contribution < 1.29 is 5.11 Å². The maximum atomic E-state index is 9.88. The van der Waals surface area contributed by atoms with Crippen molar-refractivity contribution in [1.82, 2.24) is 0 Å². The number of unbranched alkanes of at least 4 members (excludes halogenated alkanes) is 8. The van der Waals surface area contributed by atoms with Crippen LogP contribution in [0.4, 0.5) is 0 Å². The summed E-state index contributed by atoms with van der Waals surface area (Å²) >= 11 is 0. The Morgan fingerprint density at radius 2 is 1.45 bits per heavy atom. The van der Waals surface area contributed by atoms with Gasteiger partial charge in [0, 0.05) is 0 Å². The molecule has 2 aliphatic rings. The molecule has 0 bridgehead atoms. The van der Waals surface area contributed by atoms with E-state index in [0.29, 0.717) is 0 Å². The van der Waals surface area contributed by atoms with Crippen LogP contribution < -0.4 is 0 Å². The second-order valence-electron chi connectivity index (χ2n) is 8.20. The minimum Gasteiger partial charge on any atom is -0.393 e. The second kappa shape index (κ2) is 10.7. The molecule has 0 radical (unpaired) electrons. The third-order valence-electron chi connectivity index (χ3n) is 6.45. The molecule has 1 nitrogen and oxygen atoms in total. The molecular formula is C21H40O. The Bertz CT molecular complexity index is 275. The van der Waals surface area contributed by atoms with E-state index in [2.05, 4.69) is 6.92 Å². The van der Waals surface area contributed by atoms with Crippen molar-refractivity contribution in [2.45, 2.75) is 116 Å². The molecule has 4 atom stereocenters. The van der Waals surface area contributed by atoms with Gasteiger partial charge in [-0.25, -0.2) is 0 Å². The van der Waals surface area contributed by atoms with Gasteiger partial charge in [-0.05, 0) is 37.0 Å². The molecule has 2 saturated carbocycles. The Morgan fingerprint density at radius 1 is 0.773 bits per heavy atom. The smallest absolute Gasteiger partial charge is 0.0543 e. The molecule has 22 heavy (non-hydrogen) atoms. The zero-order valence-corrected chi connectivity index (χ0v) is 15.1. The van der Waals surface area contributed by atoms with Crippen LogP contribution in [-0.2, 0) is 0 Å². The van der Waals surface area contributed by atoms with Crippen LogP contribution in [-0.4, -0.2) is 11.2 Å². The van der Waals surface area contributed by atoms with Gasteiger partial charge in [0.2, 0.25) is 0 Å². The maximum Gasteiger partial charge on any atom is 0.0543 e. The Labute approximate surface area is 139 Å². The number of hydrogen-bond donors (Lipinski definition) is 1. The number of fused-ring (bicyclic) bond motifs is 1. The lowest BCUT2D eigenvalue weighted by Gasteiger charge is -2.43. The van der Waals surface area contributed by atoms with E-state index in [9.17, 15) is 5.11 Å². The largest absolute Gasteiger partial charge is 0.393 e. The highest BCUT2D eigenvalue weighted by molar-refractivity contribution is 4.87. The van der Waals surface area contributed by atoms with Gasteiger partial charge in [0.15, 0.2) is 0 Å². The zero-order valence-electron chi connectivity index (χ0n) is 15.1. The summed E-state index contributed by atoms with van der Waals surface area (Å²) in [7, 11) is 0. The average molecular weight is 309 g/mol. The fourth-order valence-electron chi connectivity index (χ4n) is 5.15. The van der Waals surface area contributed by atoms with Crippen molar-refractivity contribution >= 4 is 0 Å². The first kappa shape index (κ1) is 18.3. The lowest BCUT2D eigenvalue weighted by Crippen LogP contribution is -2.35. The van der Waals surface area contributed by atoms with Gasteiger partial charge in [-0.1, -0.05) is 90.4 Å². The maximum absolute atomic E-state index is 9.88. The summed E-state index contributed by atoms with van der Waals surface area (Å²) in [4.78, 5) is 0. The van der Waals surface area contributed by atoms with Gasteiger partial charge in [0.1, 0.15) is 0 Å². The first-order valence-electron chi connectivity index (χ1n) is 10.5. The van der Waals surface area contributed by atoms with Gasteiger partial charge in [-0.15, -0.1) is 0 Å². The topological polar surface area (TPSA) is 20.2 Å². The van der Waals surface area contributed by atoms with Gasteiger partial charge in [0.05, 0.1) is 6.10 Å². The van der Waals surface area contributed by atoms with Crippen molar-refractivity contribution in [2.24, 2.45) is 17.8 Å². The second-order valence-corrected chi connectivity index (χ2v) is 8.20. The predicted octanol–water partition coefficient (Wildman–Crippen LogP) is 6.48. The third kappa shape index (κ3) is 6.22. The molecule has 0 amide bonds. The fraction of sp³-hybridized carbons (Fsp3) is 1.00. The highest BCUT2D eigenvalue weighted by Crippen LogP contribution is 2.45. The number of rotatable bonds is 10. The van der Waals surface area contributed by atoms with Crippen molar-refractivity contribution in [3.05, 3.63) is 0 Å². The van der Waals surface area contributed by atoms with Crippen LogP contribution in [0.5, 0.6) is 0 Å². The van der Waals surface area contributed by atoms with Gasteiger partial charge >= 0.3 is 0 Å². The normalized spacial score (nSPS) is 31.9. The van der Waals surface area contributed by atoms with Crippen LogP contribution >= 0.6 is 0 Å². The van der Waals surface area contributed by atoms with Crippen LogP contribution in [0.25, 0.3) is 0 Å². The van der Waals surface area contributed by atoms with E-state index in [1.807, 2.05) is 0 Å². The van der Waals surface area contributed by atoms with Crippen LogP contribution in [0.1, 0.15) is 110 Å². The molecule has 0 aromatic carbocycles. The third-order valence-corrected chi connectivity index (χ3v) is 6.45. The Morgan fingerprint density at radius 3 is 2.18 bits per heavy atom. The van der Waals surface area contributed by atoms with Crippen LogP contribution in [0.15, 0.2) is 0 Å². The van der Waals surface area contributed by atoms with Crippen molar-refractivity contribution in [1.29, 1.82) is 0 Å². The molecular weight excluding hydrogens is 268 g/mol. The minimum absolute atomic E-state index is 0.0210. The molecule has 1 heteroatoms. The number of aliphatic hydroxyl groups is 1. The number of hydrogen-bond acceptors (Lipinski definition) is 1. The summed E-state index contributed by atoms with van der Waals surface area (Å²) in [5.74, 6) is 2.82. The molecule has 2 rings (SSSR count). The van der Waals surface area contributed by atoms with Gasteiger partial charge < -0.3 is 5.11 Å². The fourth-order valence-corrected chi connectivity index (χ4v) is 5.15. The Balaban J connectivity index is 1.51. The SMILES string of the molecule is CCCCCCCCCCCC1CCCC2CC(O)CCC12. The van der Waals surface area contributed by atoms with E-state index in [-0.39, 0.29) is 6.10 Å². The minimum atomic E-state index is 0.0210. The van der Waals surface area contributed by atoms with Gasteiger partial charge in [-0.2, -0.15) is 0 Å². The van der Waals surface area contributed by atoms with Crippen molar-refractivity contribution in [3.8, 4) is 0 Å². The summed E-state index contributed by atoms with van der Waals surface area (Å²) in [6.07, 6.45) is 22.3. The number of aliphatic hydroxyl groups excluding tert-OH is 1. The van der Waals surface area contributed by atoms with Crippen molar-refractivity contribution in [3.63, 3.8) is 0 Å². The summed E-state index contributed by atoms with van der Waals surface area (Å²) < 4.78 is 0. The predicted molar refractivity (Wildman–Crippen MR) is 96.0 cm³/mol. The quantitative estimate of drug-likeness (QED) is 0.458. The molecule has 0 heterocycles. The summed E-state index contributed by atoms with van der Waals surface area (Å²) in [5.41, 5.74) is 0. The molecule has 2 aliphatic carbocycles. The zero-order chi connectivity index (χ0) is 15.6. The highest BCUT2D eigenvalue weighted by Gasteiger charge is 2.36. The lowest BCUT2D eigenvalue weighted by molar-refractivity contribution is 0.0185. The van der Waals surface area contributed by atoms with E-state index in [1.165, 1.54) is 89.9 Å². The Hall–Kier alpha value is -0.0400. The molecule has 0 spiro atoms. The van der Waals surface area contributed by atoms with E-state index < -0.39 is 0 Å². The molecule has 2 fully saturated rings. The van der Waals surface area contributed by atoms with E-state index in [4.69, 9.17) is 0 Å². The monoisotopic (exact) mass is 308 g/mol. The molecule has 0 aromatic heterocycles. The van der Waals surface area contributed by atoms with Crippen LogP contribution in [0.2, 0.25) is 0 Å². The van der Waals surface area contributed by atoms with E-state index in [1.54, 1.807) is 0 Å². The first-order valence-corrected chi connectivity index (χ1v) is 10.5. The molecule has 0 saturated heterocycles. The molecule has 4 unspecified atom stereocenters.